The molecular formula is C19H28N2O4. The Kier molecular flexibility index (Phi) is 8.67. The molecule has 0 radical (unpaired) electrons. The first kappa shape index (κ1) is 20.7. The van der Waals surface area contributed by atoms with Gasteiger partial charge < -0.3 is 10.1 Å². The van der Waals surface area contributed by atoms with Gasteiger partial charge in [-0.2, -0.15) is 0 Å². The van der Waals surface area contributed by atoms with Crippen LogP contribution < -0.4 is 10.6 Å². The number of nitrogens with one attached hydrogen (secondary N) is 2. The smallest absolute Gasteiger partial charge is 0.321 e. The van der Waals surface area contributed by atoms with Crippen LogP contribution >= 0.6 is 0 Å². The van der Waals surface area contributed by atoms with Gasteiger partial charge in [0.25, 0.3) is 5.91 Å². The third-order valence-electron chi connectivity index (χ3n) is 4.21. The molecule has 0 aliphatic rings. The summed E-state index contributed by atoms with van der Waals surface area (Å²) in [6.45, 7) is 7.25. The highest BCUT2D eigenvalue weighted by Crippen LogP contribution is 2.28. The summed E-state index contributed by atoms with van der Waals surface area (Å²) in [5.74, 6) is -1.47. The third kappa shape index (κ3) is 6.95. The van der Waals surface area contributed by atoms with Crippen molar-refractivity contribution in [1.29, 1.82) is 0 Å². The maximum atomic E-state index is 12.5. The molecule has 0 unspecified atom stereocenters. The van der Waals surface area contributed by atoms with Gasteiger partial charge in [-0.05, 0) is 24.8 Å². The van der Waals surface area contributed by atoms with E-state index in [1.165, 1.54) is 0 Å². The predicted octanol–water partition coefficient (Wildman–Crippen LogP) is 2.98. The summed E-state index contributed by atoms with van der Waals surface area (Å²) in [5.41, 5.74) is 0.858. The summed E-state index contributed by atoms with van der Waals surface area (Å²) in [6, 6.07) is 8.73. The van der Waals surface area contributed by atoms with Crippen LogP contribution in [-0.2, 0) is 14.3 Å². The number of amides is 3. The van der Waals surface area contributed by atoms with Gasteiger partial charge >= 0.3 is 12.0 Å². The van der Waals surface area contributed by atoms with Crippen molar-refractivity contribution in [3.05, 3.63) is 35.9 Å². The summed E-state index contributed by atoms with van der Waals surface area (Å²) >= 11 is 0. The van der Waals surface area contributed by atoms with Crippen LogP contribution in [0.5, 0.6) is 0 Å². The number of urea groups is 1. The lowest BCUT2D eigenvalue weighted by Gasteiger charge is -2.21. The largest absolute Gasteiger partial charge is 0.455 e. The van der Waals surface area contributed by atoms with E-state index in [2.05, 4.69) is 10.6 Å². The zero-order valence-corrected chi connectivity index (χ0v) is 15.4. The fourth-order valence-electron chi connectivity index (χ4n) is 2.34. The molecule has 0 aliphatic carbocycles. The quantitative estimate of drug-likeness (QED) is 0.707. The molecule has 0 saturated heterocycles. The van der Waals surface area contributed by atoms with Gasteiger partial charge in [0, 0.05) is 6.04 Å². The fraction of sp³-hybridized carbons (Fsp3) is 0.526. The normalized spacial score (nSPS) is 14.1. The number of benzene rings is 1. The number of hydrogen-bond donors (Lipinski definition) is 2. The molecule has 0 fully saturated rings. The van der Waals surface area contributed by atoms with Crippen LogP contribution in [0.15, 0.2) is 30.3 Å². The van der Waals surface area contributed by atoms with E-state index in [0.29, 0.717) is 0 Å². The summed E-state index contributed by atoms with van der Waals surface area (Å²) in [6.07, 6.45) is 1.56. The molecule has 3 amide bonds. The van der Waals surface area contributed by atoms with E-state index in [1.807, 2.05) is 58.0 Å². The first-order valence-corrected chi connectivity index (χ1v) is 8.70. The Morgan fingerprint density at radius 3 is 2.24 bits per heavy atom. The van der Waals surface area contributed by atoms with Crippen molar-refractivity contribution < 1.29 is 19.1 Å². The average Bonchev–Trinajstić information content (AvgIpc) is 2.60. The molecule has 0 saturated carbocycles. The molecular weight excluding hydrogens is 320 g/mol. The minimum absolute atomic E-state index is 0.0387. The number of imide groups is 1. The molecule has 0 aliphatic heterocycles. The summed E-state index contributed by atoms with van der Waals surface area (Å²) in [5, 5.41) is 4.77. The molecule has 0 aromatic heterocycles. The standard InChI is InChI=1S/C19H28N2O4/c1-5-13(3)17(15-10-8-7-9-11-15)18(23)25-12-16(22)21-19(24)20-14(4)6-2/h7-11,13-14,17H,5-6,12H2,1-4H3,(H2,20,21,22,24)/t13-,14+,17-/m1/s1. The molecule has 25 heavy (non-hydrogen) atoms. The molecule has 1 aromatic carbocycles. The highest BCUT2D eigenvalue weighted by molar-refractivity contribution is 5.95. The minimum atomic E-state index is -0.648. The van der Waals surface area contributed by atoms with Gasteiger partial charge in [0.05, 0.1) is 5.92 Å². The Balaban J connectivity index is 2.60. The van der Waals surface area contributed by atoms with Gasteiger partial charge in [0.15, 0.2) is 6.61 Å². The number of esters is 1. The third-order valence-corrected chi connectivity index (χ3v) is 4.21. The number of carbonyl (C=O) groups excluding carboxylic acids is 3. The van der Waals surface area contributed by atoms with E-state index in [9.17, 15) is 14.4 Å². The lowest BCUT2D eigenvalue weighted by atomic mass is 9.86. The van der Waals surface area contributed by atoms with Gasteiger partial charge in [0.2, 0.25) is 0 Å². The van der Waals surface area contributed by atoms with Crippen molar-refractivity contribution >= 4 is 17.9 Å². The zero-order chi connectivity index (χ0) is 18.8. The maximum Gasteiger partial charge on any atom is 0.321 e. The molecule has 0 spiro atoms. The molecule has 6 heteroatoms. The van der Waals surface area contributed by atoms with Crippen molar-refractivity contribution in [3.63, 3.8) is 0 Å². The second-order valence-electron chi connectivity index (χ2n) is 6.21. The van der Waals surface area contributed by atoms with Crippen molar-refractivity contribution in [3.8, 4) is 0 Å². The highest BCUT2D eigenvalue weighted by Gasteiger charge is 2.27. The van der Waals surface area contributed by atoms with Gasteiger partial charge in [-0.3, -0.25) is 14.9 Å². The van der Waals surface area contributed by atoms with E-state index in [4.69, 9.17) is 4.74 Å². The van der Waals surface area contributed by atoms with E-state index in [-0.39, 0.29) is 12.0 Å². The SMILES string of the molecule is CC[C@@H](C)[C@@H](C(=O)OCC(=O)NC(=O)N[C@@H](C)CC)c1ccccc1. The van der Waals surface area contributed by atoms with Crippen molar-refractivity contribution in [2.45, 2.75) is 52.5 Å². The van der Waals surface area contributed by atoms with E-state index < -0.39 is 30.4 Å². The van der Waals surface area contributed by atoms with Gasteiger partial charge in [-0.1, -0.05) is 57.5 Å². The number of hydrogen-bond acceptors (Lipinski definition) is 4. The van der Waals surface area contributed by atoms with E-state index >= 15 is 0 Å². The fourth-order valence-corrected chi connectivity index (χ4v) is 2.34. The zero-order valence-electron chi connectivity index (χ0n) is 15.4. The first-order valence-electron chi connectivity index (χ1n) is 8.70. The monoisotopic (exact) mass is 348 g/mol. The van der Waals surface area contributed by atoms with Crippen LogP contribution in [0.25, 0.3) is 0 Å². The Morgan fingerprint density at radius 2 is 1.68 bits per heavy atom. The van der Waals surface area contributed by atoms with Crippen LogP contribution in [0.4, 0.5) is 4.79 Å². The number of ether oxygens (including phenoxy) is 1. The summed E-state index contributed by atoms with van der Waals surface area (Å²) in [7, 11) is 0. The predicted molar refractivity (Wildman–Crippen MR) is 96.0 cm³/mol. The Bertz CT molecular complexity index is 574. The maximum absolute atomic E-state index is 12.5. The van der Waals surface area contributed by atoms with E-state index in [1.54, 1.807) is 0 Å². The molecule has 1 rings (SSSR count). The Labute approximate surface area is 149 Å². The number of rotatable bonds is 8. The van der Waals surface area contributed by atoms with Crippen LogP contribution in [-0.4, -0.2) is 30.6 Å². The number of carbonyl (C=O) groups is 3. The van der Waals surface area contributed by atoms with Crippen LogP contribution in [0.2, 0.25) is 0 Å². The average molecular weight is 348 g/mol. The van der Waals surface area contributed by atoms with Gasteiger partial charge in [0.1, 0.15) is 0 Å². The lowest BCUT2D eigenvalue weighted by molar-refractivity contribution is -0.151. The summed E-state index contributed by atoms with van der Waals surface area (Å²) < 4.78 is 5.14. The topological polar surface area (TPSA) is 84.5 Å². The second kappa shape index (κ2) is 10.5. The summed E-state index contributed by atoms with van der Waals surface area (Å²) in [4.78, 5) is 35.8. The second-order valence-corrected chi connectivity index (χ2v) is 6.21. The van der Waals surface area contributed by atoms with Crippen LogP contribution in [0.3, 0.4) is 0 Å². The van der Waals surface area contributed by atoms with Gasteiger partial charge in [-0.25, -0.2) is 4.79 Å². The van der Waals surface area contributed by atoms with Crippen molar-refractivity contribution in [1.82, 2.24) is 10.6 Å². The van der Waals surface area contributed by atoms with Crippen molar-refractivity contribution in [2.24, 2.45) is 5.92 Å². The minimum Gasteiger partial charge on any atom is -0.455 e. The van der Waals surface area contributed by atoms with Crippen molar-refractivity contribution in [2.75, 3.05) is 6.61 Å². The van der Waals surface area contributed by atoms with Crippen LogP contribution in [0.1, 0.15) is 52.0 Å². The molecule has 2 N–H and O–H groups in total. The molecule has 0 bridgehead atoms. The highest BCUT2D eigenvalue weighted by atomic mass is 16.5. The molecule has 138 valence electrons. The Morgan fingerprint density at radius 1 is 1.04 bits per heavy atom. The Hall–Kier alpha value is -2.37. The van der Waals surface area contributed by atoms with Gasteiger partial charge in [-0.15, -0.1) is 0 Å². The molecule has 3 atom stereocenters. The van der Waals surface area contributed by atoms with E-state index in [0.717, 1.165) is 18.4 Å². The molecule has 0 heterocycles. The lowest BCUT2D eigenvalue weighted by Crippen LogP contribution is -2.44. The molecule has 1 aromatic rings. The van der Waals surface area contributed by atoms with Crippen LogP contribution in [0, 0.1) is 5.92 Å². The first-order chi connectivity index (χ1) is 11.9. The molecule has 6 nitrogen and oxygen atoms in total.